The van der Waals surface area contributed by atoms with Gasteiger partial charge in [0.15, 0.2) is 0 Å². The maximum atomic E-state index is 14.1. The first-order valence-corrected chi connectivity index (χ1v) is 9.27. The summed E-state index contributed by atoms with van der Waals surface area (Å²) in [4.78, 5) is 22.4. The summed E-state index contributed by atoms with van der Waals surface area (Å²) in [5.41, 5.74) is 2.20. The quantitative estimate of drug-likeness (QED) is 0.478. The standard InChI is InChI=1S/C23H26FNO3/c1-16-5-4-6-18(12-14-23(2,3)13-11-16)21(25-28)10-9-17-7-8-19(22(26)27)15-20(17)24/h4,6-12,15,21H,5,13-14H2,1-3H3,(H,26,27). The number of hydrogen-bond donors (Lipinski definition) is 1. The molecule has 0 amide bonds. The molecule has 0 aromatic heterocycles. The number of carboxylic acids is 1. The van der Waals surface area contributed by atoms with Gasteiger partial charge in [-0.1, -0.05) is 67.1 Å². The number of carboxylic acid groups (broad SMARTS) is 1. The molecule has 1 aromatic carbocycles. The third-order valence-corrected chi connectivity index (χ3v) is 4.80. The van der Waals surface area contributed by atoms with E-state index in [0.717, 1.165) is 30.9 Å². The first-order valence-electron chi connectivity index (χ1n) is 9.27. The fraction of sp³-hybridized carbons (Fsp3) is 0.348. The van der Waals surface area contributed by atoms with E-state index in [2.05, 4.69) is 32.0 Å². The summed E-state index contributed by atoms with van der Waals surface area (Å²) in [6.45, 7) is 6.44. The molecule has 0 fully saturated rings. The van der Waals surface area contributed by atoms with Crippen molar-refractivity contribution in [3.05, 3.63) is 81.6 Å². The summed E-state index contributed by atoms with van der Waals surface area (Å²) in [6.07, 6.45) is 13.7. The number of aromatic carboxylic acids is 1. The van der Waals surface area contributed by atoms with Gasteiger partial charge >= 0.3 is 5.97 Å². The molecule has 1 atom stereocenters. The molecule has 28 heavy (non-hydrogen) atoms. The molecule has 0 saturated carbocycles. The van der Waals surface area contributed by atoms with Crippen LogP contribution in [0.3, 0.4) is 0 Å². The monoisotopic (exact) mass is 383 g/mol. The van der Waals surface area contributed by atoms with Crippen LogP contribution in [0.1, 0.15) is 56.0 Å². The van der Waals surface area contributed by atoms with Gasteiger partial charge in [-0.3, -0.25) is 0 Å². The zero-order chi connectivity index (χ0) is 20.7. The summed E-state index contributed by atoms with van der Waals surface area (Å²) in [7, 11) is 0. The average molecular weight is 383 g/mol. The van der Waals surface area contributed by atoms with E-state index in [1.54, 1.807) is 6.08 Å². The van der Waals surface area contributed by atoms with Crippen LogP contribution in [0.25, 0.3) is 6.08 Å². The van der Waals surface area contributed by atoms with Gasteiger partial charge in [0.05, 0.1) is 5.56 Å². The molecular weight excluding hydrogens is 357 g/mol. The van der Waals surface area contributed by atoms with Crippen LogP contribution in [-0.2, 0) is 0 Å². The Morgan fingerprint density at radius 2 is 2.00 bits per heavy atom. The first-order chi connectivity index (χ1) is 13.2. The topological polar surface area (TPSA) is 66.7 Å². The number of nitrogens with zero attached hydrogens (tertiary/aromatic N) is 1. The van der Waals surface area contributed by atoms with Gasteiger partial charge in [0.2, 0.25) is 0 Å². The Labute approximate surface area is 165 Å². The molecule has 0 saturated heterocycles. The molecule has 1 aromatic rings. The fourth-order valence-corrected chi connectivity index (χ4v) is 2.88. The molecule has 0 spiro atoms. The zero-order valence-corrected chi connectivity index (χ0v) is 16.5. The van der Waals surface area contributed by atoms with E-state index in [1.807, 2.05) is 18.2 Å². The highest BCUT2D eigenvalue weighted by Gasteiger charge is 2.18. The van der Waals surface area contributed by atoms with Crippen molar-refractivity contribution in [1.82, 2.24) is 0 Å². The molecule has 0 bridgehead atoms. The van der Waals surface area contributed by atoms with Gasteiger partial charge in [-0.15, -0.1) is 4.91 Å². The third-order valence-electron chi connectivity index (χ3n) is 4.80. The van der Waals surface area contributed by atoms with E-state index in [0.29, 0.717) is 0 Å². The molecule has 1 aliphatic rings. The van der Waals surface area contributed by atoms with Crippen molar-refractivity contribution in [3.8, 4) is 0 Å². The summed E-state index contributed by atoms with van der Waals surface area (Å²) in [6, 6.07) is 2.93. The lowest BCUT2D eigenvalue weighted by Crippen LogP contribution is -2.11. The van der Waals surface area contributed by atoms with Gasteiger partial charge in [0.1, 0.15) is 11.9 Å². The minimum atomic E-state index is -1.19. The van der Waals surface area contributed by atoms with Crippen molar-refractivity contribution in [3.63, 3.8) is 0 Å². The Bertz CT molecular complexity index is 863. The number of nitroso groups, excluding NO2 is 1. The minimum absolute atomic E-state index is 0.0631. The van der Waals surface area contributed by atoms with Crippen molar-refractivity contribution in [2.24, 2.45) is 10.6 Å². The Morgan fingerprint density at radius 1 is 1.29 bits per heavy atom. The molecule has 0 aliphatic heterocycles. The zero-order valence-electron chi connectivity index (χ0n) is 16.5. The van der Waals surface area contributed by atoms with E-state index < -0.39 is 17.8 Å². The van der Waals surface area contributed by atoms with E-state index in [1.165, 1.54) is 23.8 Å². The number of allylic oxidation sites excluding steroid dienone is 4. The molecule has 148 valence electrons. The van der Waals surface area contributed by atoms with E-state index >= 15 is 0 Å². The third kappa shape index (κ3) is 6.12. The normalized spacial score (nSPS) is 18.3. The van der Waals surface area contributed by atoms with Crippen LogP contribution < -0.4 is 0 Å². The number of hydrogen-bond acceptors (Lipinski definition) is 3. The highest BCUT2D eigenvalue weighted by atomic mass is 19.1. The van der Waals surface area contributed by atoms with Gasteiger partial charge in [-0.05, 0) is 49.3 Å². The average Bonchev–Trinajstić information content (AvgIpc) is 2.64. The number of benzene rings is 1. The summed E-state index contributed by atoms with van der Waals surface area (Å²) in [5.74, 6) is -1.84. The lowest BCUT2D eigenvalue weighted by Gasteiger charge is -2.23. The molecule has 0 heterocycles. The molecule has 1 unspecified atom stereocenters. The van der Waals surface area contributed by atoms with Crippen LogP contribution in [0.15, 0.2) is 64.9 Å². The predicted octanol–water partition coefficient (Wildman–Crippen LogP) is 6.31. The van der Waals surface area contributed by atoms with Crippen molar-refractivity contribution in [1.29, 1.82) is 0 Å². The molecule has 4 nitrogen and oxygen atoms in total. The first kappa shape index (κ1) is 21.5. The molecule has 5 heteroatoms. The van der Waals surface area contributed by atoms with Crippen LogP contribution in [0.4, 0.5) is 4.39 Å². The second kappa shape index (κ2) is 9.40. The maximum absolute atomic E-state index is 14.1. The van der Waals surface area contributed by atoms with E-state index in [-0.39, 0.29) is 16.5 Å². The Kier molecular flexibility index (Phi) is 7.21. The summed E-state index contributed by atoms with van der Waals surface area (Å²) >= 11 is 0. The molecular formula is C23H26FNO3. The Hall–Kier alpha value is -2.82. The number of rotatable bonds is 5. The SMILES string of the molecule is CC1=CCC(C)(C)CC=C(C(C=Cc2ccc(C(=O)O)cc2F)N=O)C=CC1. The van der Waals surface area contributed by atoms with Crippen LogP contribution in [0.5, 0.6) is 0 Å². The van der Waals surface area contributed by atoms with Gasteiger partial charge in [0, 0.05) is 5.56 Å². The largest absolute Gasteiger partial charge is 0.478 e. The Balaban J connectivity index is 2.28. The second-order valence-electron chi connectivity index (χ2n) is 7.88. The van der Waals surface area contributed by atoms with Gasteiger partial charge in [-0.25, -0.2) is 9.18 Å². The van der Waals surface area contributed by atoms with Crippen molar-refractivity contribution >= 4 is 12.0 Å². The van der Waals surface area contributed by atoms with Gasteiger partial charge in [0.25, 0.3) is 0 Å². The predicted molar refractivity (Wildman–Crippen MR) is 111 cm³/mol. The van der Waals surface area contributed by atoms with E-state index in [9.17, 15) is 14.1 Å². The molecule has 2 rings (SSSR count). The van der Waals surface area contributed by atoms with Crippen molar-refractivity contribution in [2.75, 3.05) is 0 Å². The lowest BCUT2D eigenvalue weighted by molar-refractivity contribution is 0.0696. The van der Waals surface area contributed by atoms with Crippen LogP contribution in [0.2, 0.25) is 0 Å². The van der Waals surface area contributed by atoms with Crippen molar-refractivity contribution < 1.29 is 14.3 Å². The summed E-state index contributed by atoms with van der Waals surface area (Å²) in [5, 5.41) is 12.1. The van der Waals surface area contributed by atoms with Gasteiger partial charge < -0.3 is 5.11 Å². The number of halogens is 1. The van der Waals surface area contributed by atoms with Crippen LogP contribution >= 0.6 is 0 Å². The fourth-order valence-electron chi connectivity index (χ4n) is 2.88. The maximum Gasteiger partial charge on any atom is 0.335 e. The highest BCUT2D eigenvalue weighted by molar-refractivity contribution is 5.87. The lowest BCUT2D eigenvalue weighted by atomic mass is 9.83. The second-order valence-corrected chi connectivity index (χ2v) is 7.88. The van der Waals surface area contributed by atoms with Crippen LogP contribution in [0, 0.1) is 16.1 Å². The molecule has 1 aliphatic carbocycles. The minimum Gasteiger partial charge on any atom is -0.478 e. The highest BCUT2D eigenvalue weighted by Crippen LogP contribution is 2.30. The van der Waals surface area contributed by atoms with Gasteiger partial charge in [-0.2, -0.15) is 0 Å². The summed E-state index contributed by atoms with van der Waals surface area (Å²) < 4.78 is 14.1. The smallest absolute Gasteiger partial charge is 0.335 e. The van der Waals surface area contributed by atoms with Crippen molar-refractivity contribution in [2.45, 2.75) is 46.1 Å². The molecule has 0 radical (unpaired) electrons. The van der Waals surface area contributed by atoms with Crippen LogP contribution in [-0.4, -0.2) is 17.1 Å². The molecule has 1 N–H and O–H groups in total. The number of carbonyl (C=O) groups is 1. The Morgan fingerprint density at radius 3 is 2.64 bits per heavy atom. The van der Waals surface area contributed by atoms with E-state index in [4.69, 9.17) is 5.11 Å².